The van der Waals surface area contributed by atoms with Crippen LogP contribution in [0.1, 0.15) is 75.3 Å². The molecule has 1 fully saturated rings. The first-order chi connectivity index (χ1) is 17.0. The Morgan fingerprint density at radius 2 is 1.58 bits per heavy atom. The highest BCUT2D eigenvalue weighted by Gasteiger charge is 2.40. The van der Waals surface area contributed by atoms with Crippen LogP contribution in [0.15, 0.2) is 42.5 Å². The Morgan fingerprint density at radius 3 is 2.03 bits per heavy atom. The van der Waals surface area contributed by atoms with Crippen LogP contribution in [0.4, 0.5) is 13.2 Å². The van der Waals surface area contributed by atoms with E-state index in [1.807, 2.05) is 25.1 Å². The van der Waals surface area contributed by atoms with Crippen LogP contribution in [0.25, 0.3) is 0 Å². The lowest BCUT2D eigenvalue weighted by atomic mass is 9.97. The first kappa shape index (κ1) is 31.6. The summed E-state index contributed by atoms with van der Waals surface area (Å²) in [6.07, 6.45) is 4.55. The van der Waals surface area contributed by atoms with Crippen LogP contribution in [-0.4, -0.2) is 31.2 Å². The van der Waals surface area contributed by atoms with E-state index in [1.54, 1.807) is 0 Å². The second kappa shape index (κ2) is 15.0. The Bertz CT molecular complexity index is 919. The van der Waals surface area contributed by atoms with E-state index < -0.39 is 23.1 Å². The molecule has 2 aromatic rings. The first-order valence-corrected chi connectivity index (χ1v) is 12.7. The molecule has 1 heterocycles. The van der Waals surface area contributed by atoms with Gasteiger partial charge in [-0.3, -0.25) is 4.79 Å². The van der Waals surface area contributed by atoms with Gasteiger partial charge in [-0.2, -0.15) is 8.78 Å². The van der Waals surface area contributed by atoms with Gasteiger partial charge in [0.25, 0.3) is 5.91 Å². The van der Waals surface area contributed by atoms with Crippen molar-refractivity contribution in [1.29, 1.82) is 0 Å². The number of alkyl halides is 3. The molecule has 0 radical (unpaired) electrons. The molecule has 1 atom stereocenters. The van der Waals surface area contributed by atoms with E-state index in [-0.39, 0.29) is 12.1 Å². The van der Waals surface area contributed by atoms with Gasteiger partial charge in [0.1, 0.15) is 5.67 Å². The highest BCUT2D eigenvalue weighted by molar-refractivity contribution is 5.84. The van der Waals surface area contributed by atoms with Crippen LogP contribution in [0.2, 0.25) is 0 Å². The lowest BCUT2D eigenvalue weighted by Gasteiger charge is -2.19. The number of nitrogens with one attached hydrogen (secondary N) is 2. The molecule has 0 spiro atoms. The molecule has 36 heavy (non-hydrogen) atoms. The average molecular weight is 509 g/mol. The monoisotopic (exact) mass is 508 g/mol. The second-order valence-electron chi connectivity index (χ2n) is 9.57. The molecule has 3 N–H and O–H groups in total. The maximum absolute atomic E-state index is 14.4. The maximum atomic E-state index is 14.4. The minimum Gasteiger partial charge on any atom is -0.400 e. The van der Waals surface area contributed by atoms with Gasteiger partial charge in [-0.25, -0.2) is 4.39 Å². The molecule has 3 rings (SSSR count). The van der Waals surface area contributed by atoms with Crippen molar-refractivity contribution < 1.29 is 23.1 Å². The van der Waals surface area contributed by atoms with Gasteiger partial charge in [0.15, 0.2) is 0 Å². The fraction of sp³-hybridized carbons (Fsp3) is 0.552. The van der Waals surface area contributed by atoms with Crippen molar-refractivity contribution in [3.05, 3.63) is 70.3 Å². The summed E-state index contributed by atoms with van der Waals surface area (Å²) in [5.74, 6) is -4.13. The molecule has 7 heteroatoms. The predicted octanol–water partition coefficient (Wildman–Crippen LogP) is 6.04. The average Bonchev–Trinajstić information content (AvgIpc) is 2.88. The van der Waals surface area contributed by atoms with Gasteiger partial charge in [0.2, 0.25) is 0 Å². The molecule has 0 aliphatic carbocycles. The molecule has 0 aromatic heterocycles. The number of aryl methyl sites for hydroxylation is 2. The molecule has 1 saturated heterocycles. The van der Waals surface area contributed by atoms with Gasteiger partial charge in [0, 0.05) is 19.2 Å². The largest absolute Gasteiger partial charge is 0.400 e. The van der Waals surface area contributed by atoms with E-state index in [9.17, 15) is 18.0 Å². The van der Waals surface area contributed by atoms with Crippen molar-refractivity contribution in [2.75, 3.05) is 20.2 Å². The number of halogens is 3. The fourth-order valence-corrected chi connectivity index (χ4v) is 3.99. The van der Waals surface area contributed by atoms with E-state index in [0.29, 0.717) is 0 Å². The SMILES string of the molecule is CC1CCCNC1.CCc1ccc(CNC(=O)C(F)(F)c2ccc(C(C)(C)F)cc2)cc1CC.CO. The van der Waals surface area contributed by atoms with Crippen molar-refractivity contribution in [2.24, 2.45) is 5.92 Å². The van der Waals surface area contributed by atoms with E-state index in [0.717, 1.165) is 49.1 Å². The zero-order chi connectivity index (χ0) is 27.4. The number of rotatable bonds is 7. The van der Waals surface area contributed by atoms with E-state index in [4.69, 9.17) is 5.11 Å². The molecule has 0 saturated carbocycles. The topological polar surface area (TPSA) is 61.4 Å². The third-order valence-electron chi connectivity index (χ3n) is 6.25. The number of amides is 1. The van der Waals surface area contributed by atoms with Gasteiger partial charge in [-0.15, -0.1) is 0 Å². The summed E-state index contributed by atoms with van der Waals surface area (Å²) in [7, 11) is 1.00. The van der Waals surface area contributed by atoms with Crippen LogP contribution >= 0.6 is 0 Å². The Hall–Kier alpha value is -2.38. The molecule has 0 bridgehead atoms. The van der Waals surface area contributed by atoms with Crippen LogP contribution in [0.3, 0.4) is 0 Å². The quantitative estimate of drug-likeness (QED) is 0.427. The second-order valence-corrected chi connectivity index (χ2v) is 9.57. The van der Waals surface area contributed by atoms with Gasteiger partial charge in [0.05, 0.1) is 0 Å². The number of carbonyl (C=O) groups is 1. The molecule has 1 unspecified atom stereocenters. The maximum Gasteiger partial charge on any atom is 0.349 e. The molecular weight excluding hydrogens is 465 g/mol. The smallest absolute Gasteiger partial charge is 0.349 e. The lowest BCUT2D eigenvalue weighted by Crippen LogP contribution is -2.37. The lowest BCUT2D eigenvalue weighted by molar-refractivity contribution is -0.147. The number of aliphatic hydroxyl groups is 1. The number of aliphatic hydroxyl groups excluding tert-OH is 1. The molecule has 2 aromatic carbocycles. The van der Waals surface area contributed by atoms with Gasteiger partial charge >= 0.3 is 5.92 Å². The number of carbonyl (C=O) groups excluding carboxylic acids is 1. The molecule has 202 valence electrons. The summed E-state index contributed by atoms with van der Waals surface area (Å²) < 4.78 is 42.7. The van der Waals surface area contributed by atoms with Crippen molar-refractivity contribution in [3.8, 4) is 0 Å². The van der Waals surface area contributed by atoms with E-state index in [1.165, 1.54) is 57.5 Å². The number of benzene rings is 2. The first-order valence-electron chi connectivity index (χ1n) is 12.7. The highest BCUT2D eigenvalue weighted by atomic mass is 19.3. The number of piperidine rings is 1. The Morgan fingerprint density at radius 1 is 1.00 bits per heavy atom. The summed E-state index contributed by atoms with van der Waals surface area (Å²) in [5.41, 5.74) is 1.35. The van der Waals surface area contributed by atoms with Gasteiger partial charge in [-0.05, 0) is 80.8 Å². The zero-order valence-electron chi connectivity index (χ0n) is 22.6. The summed E-state index contributed by atoms with van der Waals surface area (Å²) >= 11 is 0. The van der Waals surface area contributed by atoms with Gasteiger partial charge in [-0.1, -0.05) is 63.2 Å². The summed E-state index contributed by atoms with van der Waals surface area (Å²) in [4.78, 5) is 12.1. The van der Waals surface area contributed by atoms with E-state index >= 15 is 0 Å². The predicted molar refractivity (Wildman–Crippen MR) is 141 cm³/mol. The minimum absolute atomic E-state index is 0.0288. The summed E-state index contributed by atoms with van der Waals surface area (Å²) in [6.45, 7) is 11.6. The standard InChI is InChI=1S/C22H26F3NO.C6H13N.CH4O/c1-5-16-8-7-15(13-17(16)6-2)14-26-20(27)22(24,25)19-11-9-18(10-12-19)21(3,4)23;1-6-3-2-4-7-5-6;1-2/h7-13H,5-6,14H2,1-4H3,(H,26,27);6-7H,2-5H2,1H3;2H,1H3. The molecule has 1 aliphatic rings. The molecule has 1 aliphatic heterocycles. The molecular formula is C29H43F3N2O2. The summed E-state index contributed by atoms with van der Waals surface area (Å²) in [5, 5.41) is 12.6. The third kappa shape index (κ3) is 9.58. The van der Waals surface area contributed by atoms with Crippen LogP contribution in [0, 0.1) is 5.92 Å². The van der Waals surface area contributed by atoms with Crippen molar-refractivity contribution in [3.63, 3.8) is 0 Å². The number of hydrogen-bond donors (Lipinski definition) is 3. The summed E-state index contributed by atoms with van der Waals surface area (Å²) in [6, 6.07) is 10.5. The van der Waals surface area contributed by atoms with Crippen molar-refractivity contribution >= 4 is 5.91 Å². The van der Waals surface area contributed by atoms with Crippen molar-refractivity contribution in [2.45, 2.75) is 78.4 Å². The Kier molecular flexibility index (Phi) is 13.2. The molecule has 4 nitrogen and oxygen atoms in total. The highest BCUT2D eigenvalue weighted by Crippen LogP contribution is 2.31. The van der Waals surface area contributed by atoms with Crippen LogP contribution in [0.5, 0.6) is 0 Å². The van der Waals surface area contributed by atoms with Crippen LogP contribution < -0.4 is 10.6 Å². The fourth-order valence-electron chi connectivity index (χ4n) is 3.99. The Labute approximate surface area is 214 Å². The van der Waals surface area contributed by atoms with Crippen LogP contribution in [-0.2, 0) is 35.8 Å². The normalized spacial score (nSPS) is 15.7. The zero-order valence-corrected chi connectivity index (χ0v) is 22.6. The Balaban J connectivity index is 0.000000609. The minimum atomic E-state index is -3.68. The third-order valence-corrected chi connectivity index (χ3v) is 6.25. The number of hydrogen-bond acceptors (Lipinski definition) is 3. The molecule has 1 amide bonds. The van der Waals surface area contributed by atoms with E-state index in [2.05, 4.69) is 24.5 Å². The van der Waals surface area contributed by atoms with Gasteiger partial charge < -0.3 is 15.7 Å². The van der Waals surface area contributed by atoms with Crippen molar-refractivity contribution in [1.82, 2.24) is 10.6 Å².